The summed E-state index contributed by atoms with van der Waals surface area (Å²) in [7, 11) is 0. The van der Waals surface area contributed by atoms with Crippen molar-refractivity contribution in [3.05, 3.63) is 77.4 Å². The molecule has 0 saturated heterocycles. The van der Waals surface area contributed by atoms with Crippen LogP contribution in [0.25, 0.3) is 0 Å². The monoisotopic (exact) mass is 464 g/mol. The van der Waals surface area contributed by atoms with E-state index in [0.717, 1.165) is 36.1 Å². The molecule has 180 valence electrons. The summed E-state index contributed by atoms with van der Waals surface area (Å²) < 4.78 is 5.77. The minimum atomic E-state index is -1.05. The van der Waals surface area contributed by atoms with E-state index in [0.29, 0.717) is 24.3 Å². The van der Waals surface area contributed by atoms with Crippen LogP contribution in [0.5, 0.6) is 5.75 Å². The van der Waals surface area contributed by atoms with Crippen LogP contribution in [-0.4, -0.2) is 47.4 Å². The molecule has 0 aromatic heterocycles. The number of aliphatic carboxylic acids is 1. The minimum absolute atomic E-state index is 0.247. The van der Waals surface area contributed by atoms with Gasteiger partial charge in [0.15, 0.2) is 12.6 Å². The normalized spacial score (nSPS) is 15.8. The number of hydrogen-bond acceptors (Lipinski definition) is 5. The molecule has 0 radical (unpaired) electrons. The van der Waals surface area contributed by atoms with Crippen molar-refractivity contribution < 1.29 is 24.3 Å². The van der Waals surface area contributed by atoms with Crippen LogP contribution in [0, 0.1) is 0 Å². The molecule has 0 spiro atoms. The average molecular weight is 465 g/mol. The van der Waals surface area contributed by atoms with Crippen molar-refractivity contribution in [3.8, 4) is 5.75 Å². The number of oxime groups is 1. The number of hydrogen-bond donors (Lipinski definition) is 1. The summed E-state index contributed by atoms with van der Waals surface area (Å²) in [6.45, 7) is 4.83. The highest BCUT2D eigenvalue weighted by Crippen LogP contribution is 2.33. The van der Waals surface area contributed by atoms with Crippen LogP contribution in [0.1, 0.15) is 55.8 Å². The lowest BCUT2D eigenvalue weighted by molar-refractivity contribution is -0.149. The lowest BCUT2D eigenvalue weighted by Gasteiger charge is -2.34. The predicted octanol–water partition coefficient (Wildman–Crippen LogP) is 4.76. The first-order valence-electron chi connectivity index (χ1n) is 11.7. The molecule has 7 heteroatoms. The van der Waals surface area contributed by atoms with E-state index in [2.05, 4.69) is 12.1 Å². The molecule has 0 bridgehead atoms. The lowest BCUT2D eigenvalue weighted by atomic mass is 9.92. The van der Waals surface area contributed by atoms with Crippen LogP contribution in [0.15, 0.2) is 65.8 Å². The van der Waals surface area contributed by atoms with Gasteiger partial charge in [0, 0.05) is 6.54 Å². The van der Waals surface area contributed by atoms with Crippen LogP contribution in [0.2, 0.25) is 0 Å². The number of carbonyl (C=O) groups excluding carboxylic acids is 1. The van der Waals surface area contributed by atoms with Crippen LogP contribution in [-0.2, 0) is 20.8 Å². The highest BCUT2D eigenvalue weighted by atomic mass is 16.6. The molecule has 0 fully saturated rings. The van der Waals surface area contributed by atoms with Crippen molar-refractivity contribution >= 4 is 17.6 Å². The van der Waals surface area contributed by atoms with E-state index in [1.165, 1.54) is 11.0 Å². The number of carboxylic acid groups (broad SMARTS) is 1. The van der Waals surface area contributed by atoms with Gasteiger partial charge in [0.1, 0.15) is 12.4 Å². The van der Waals surface area contributed by atoms with Crippen LogP contribution < -0.4 is 4.74 Å². The molecule has 34 heavy (non-hydrogen) atoms. The Morgan fingerprint density at radius 3 is 2.71 bits per heavy atom. The highest BCUT2D eigenvalue weighted by Gasteiger charge is 2.35. The van der Waals surface area contributed by atoms with E-state index in [1.54, 1.807) is 6.07 Å². The zero-order valence-electron chi connectivity index (χ0n) is 19.8. The summed E-state index contributed by atoms with van der Waals surface area (Å²) in [5.74, 6) is -0.798. The zero-order valence-corrected chi connectivity index (χ0v) is 19.8. The van der Waals surface area contributed by atoms with Crippen LogP contribution in [0.3, 0.4) is 0 Å². The van der Waals surface area contributed by atoms with Crippen molar-refractivity contribution in [3.63, 3.8) is 0 Å². The molecular weight excluding hydrogens is 432 g/mol. The quantitative estimate of drug-likeness (QED) is 0.224. The second-order valence-electron chi connectivity index (χ2n) is 8.15. The summed E-state index contributed by atoms with van der Waals surface area (Å²) in [5.41, 5.74) is 3.26. The fourth-order valence-corrected chi connectivity index (χ4v) is 3.86. The number of allylic oxidation sites excluding steroid dienone is 1. The third-order valence-corrected chi connectivity index (χ3v) is 5.68. The molecule has 3 rings (SSSR count). The standard InChI is InChI=1S/C27H32N2O5/c1-3-4-5-9-12-25(30)29-16-15-22-13-14-23(19-24(22)26(29)27(31)32)33-17-18-34-28-20(2)21-10-7-6-8-11-21/h6-14,19,26H,3-5,15-18H2,1-2H3,(H,31,32). The number of carboxylic acids is 1. The summed E-state index contributed by atoms with van der Waals surface area (Å²) >= 11 is 0. The number of fused-ring (bicyclic) bond motifs is 1. The van der Waals surface area contributed by atoms with Crippen molar-refractivity contribution in [2.24, 2.45) is 5.16 Å². The maximum atomic E-state index is 12.7. The SMILES string of the molecule is CCCCC=CC(=O)N1CCc2ccc(OCCON=C(C)c3ccccc3)cc2C1C(=O)O. The maximum absolute atomic E-state index is 12.7. The van der Waals surface area contributed by atoms with Crippen LogP contribution in [0.4, 0.5) is 0 Å². The molecule has 1 amide bonds. The molecule has 1 atom stereocenters. The van der Waals surface area contributed by atoms with E-state index in [4.69, 9.17) is 9.57 Å². The lowest BCUT2D eigenvalue weighted by Crippen LogP contribution is -2.42. The van der Waals surface area contributed by atoms with Gasteiger partial charge >= 0.3 is 5.97 Å². The molecule has 0 aliphatic carbocycles. The van der Waals surface area contributed by atoms with Gasteiger partial charge in [-0.3, -0.25) is 4.79 Å². The van der Waals surface area contributed by atoms with Gasteiger partial charge in [-0.15, -0.1) is 0 Å². The summed E-state index contributed by atoms with van der Waals surface area (Å²) in [6.07, 6.45) is 6.76. The van der Waals surface area contributed by atoms with Gasteiger partial charge in [-0.2, -0.15) is 0 Å². The van der Waals surface area contributed by atoms with Gasteiger partial charge < -0.3 is 19.6 Å². The van der Waals surface area contributed by atoms with E-state index < -0.39 is 12.0 Å². The van der Waals surface area contributed by atoms with Gasteiger partial charge in [-0.1, -0.05) is 67.4 Å². The maximum Gasteiger partial charge on any atom is 0.331 e. The molecule has 1 aliphatic heterocycles. The molecule has 1 unspecified atom stereocenters. The van der Waals surface area contributed by atoms with E-state index in [-0.39, 0.29) is 19.1 Å². The molecule has 2 aromatic rings. The molecule has 0 saturated carbocycles. The Morgan fingerprint density at radius 1 is 1.18 bits per heavy atom. The topological polar surface area (TPSA) is 88.4 Å². The van der Waals surface area contributed by atoms with E-state index in [1.807, 2.05) is 55.5 Å². The van der Waals surface area contributed by atoms with Gasteiger partial charge in [-0.25, -0.2) is 4.79 Å². The second kappa shape index (κ2) is 12.6. The number of nitrogens with zero attached hydrogens (tertiary/aromatic N) is 2. The van der Waals surface area contributed by atoms with Crippen molar-refractivity contribution in [2.75, 3.05) is 19.8 Å². The third kappa shape index (κ3) is 6.70. The summed E-state index contributed by atoms with van der Waals surface area (Å²) in [4.78, 5) is 31.6. The first-order valence-corrected chi connectivity index (χ1v) is 11.7. The van der Waals surface area contributed by atoms with Gasteiger partial charge in [-0.05, 0) is 54.7 Å². The molecule has 2 aromatic carbocycles. The van der Waals surface area contributed by atoms with Crippen molar-refractivity contribution in [1.82, 2.24) is 4.90 Å². The fourth-order valence-electron chi connectivity index (χ4n) is 3.86. The van der Waals surface area contributed by atoms with Crippen molar-refractivity contribution in [2.45, 2.75) is 45.6 Å². The van der Waals surface area contributed by atoms with Gasteiger partial charge in [0.25, 0.3) is 0 Å². The number of amides is 1. The number of ether oxygens (including phenoxy) is 1. The van der Waals surface area contributed by atoms with Gasteiger partial charge in [0.05, 0.1) is 5.71 Å². The largest absolute Gasteiger partial charge is 0.490 e. The summed E-state index contributed by atoms with van der Waals surface area (Å²) in [5, 5.41) is 14.0. The zero-order chi connectivity index (χ0) is 24.3. The molecular formula is C27H32N2O5. The van der Waals surface area contributed by atoms with Crippen LogP contribution >= 0.6 is 0 Å². The number of unbranched alkanes of at least 4 members (excludes halogenated alkanes) is 2. The Morgan fingerprint density at radius 2 is 1.97 bits per heavy atom. The predicted molar refractivity (Wildman–Crippen MR) is 131 cm³/mol. The first kappa shape index (κ1) is 25.0. The Balaban J connectivity index is 1.61. The molecule has 1 N–H and O–H groups in total. The molecule has 7 nitrogen and oxygen atoms in total. The first-order chi connectivity index (χ1) is 16.5. The second-order valence-corrected chi connectivity index (χ2v) is 8.15. The number of carbonyl (C=O) groups is 2. The molecule has 1 aliphatic rings. The van der Waals surface area contributed by atoms with Crippen molar-refractivity contribution in [1.29, 1.82) is 0 Å². The smallest absolute Gasteiger partial charge is 0.331 e. The van der Waals surface area contributed by atoms with E-state index >= 15 is 0 Å². The molecule has 1 heterocycles. The fraction of sp³-hybridized carbons (Fsp3) is 0.370. The highest BCUT2D eigenvalue weighted by molar-refractivity contribution is 5.98. The minimum Gasteiger partial charge on any atom is -0.490 e. The number of rotatable bonds is 11. The van der Waals surface area contributed by atoms with E-state index in [9.17, 15) is 14.7 Å². The van der Waals surface area contributed by atoms with Gasteiger partial charge in [0.2, 0.25) is 5.91 Å². The Kier molecular flexibility index (Phi) is 9.26. The Hall–Kier alpha value is -3.61. The Labute approximate surface area is 200 Å². The average Bonchev–Trinajstić information content (AvgIpc) is 2.85. The number of benzene rings is 2. The third-order valence-electron chi connectivity index (χ3n) is 5.68. The Bertz CT molecular complexity index is 1030. The summed E-state index contributed by atoms with van der Waals surface area (Å²) in [6, 6.07) is 14.1.